The predicted octanol–water partition coefficient (Wildman–Crippen LogP) is 1.16. The number of imide groups is 1. The summed E-state index contributed by atoms with van der Waals surface area (Å²) < 4.78 is 10.8. The molecule has 4 atom stereocenters. The van der Waals surface area contributed by atoms with Gasteiger partial charge in [0, 0.05) is 23.7 Å². The van der Waals surface area contributed by atoms with E-state index in [1.54, 1.807) is 18.2 Å². The normalized spacial score (nSPS) is 27.5. The Morgan fingerprint density at radius 1 is 1.14 bits per heavy atom. The number of hydrogen-bond donors (Lipinski definition) is 3. The maximum atomic E-state index is 13.9. The first-order chi connectivity index (χ1) is 17.3. The number of fused-ring (bicyclic) bond motifs is 5. The van der Waals surface area contributed by atoms with E-state index in [9.17, 15) is 19.2 Å². The molecule has 0 radical (unpaired) electrons. The van der Waals surface area contributed by atoms with Crippen LogP contribution in [0.15, 0.2) is 36.4 Å². The number of amides is 4. The maximum Gasteiger partial charge on any atom is 0.250 e. The number of benzene rings is 2. The lowest BCUT2D eigenvalue weighted by Crippen LogP contribution is -2.53. The molecule has 36 heavy (non-hydrogen) atoms. The summed E-state index contributed by atoms with van der Waals surface area (Å²) in [7, 11) is 0. The molecule has 10 heteroatoms. The van der Waals surface area contributed by atoms with Gasteiger partial charge in [0.1, 0.15) is 5.54 Å². The summed E-state index contributed by atoms with van der Waals surface area (Å²) in [6.07, 6.45) is 0.969. The number of nitrogens with one attached hydrogen (secondary N) is 2. The van der Waals surface area contributed by atoms with E-state index in [1.807, 2.05) is 25.1 Å². The molecular formula is C26H26N4O6. The van der Waals surface area contributed by atoms with Crippen LogP contribution in [0.4, 0.5) is 5.69 Å². The Morgan fingerprint density at radius 2 is 1.94 bits per heavy atom. The summed E-state index contributed by atoms with van der Waals surface area (Å²) in [6, 6.07) is 10.3. The molecule has 4 amide bonds. The first kappa shape index (κ1) is 22.5. The van der Waals surface area contributed by atoms with Gasteiger partial charge in [-0.25, -0.2) is 0 Å². The number of carbonyl (C=O) groups is 4. The Bertz CT molecular complexity index is 1330. The number of anilines is 1. The predicted molar refractivity (Wildman–Crippen MR) is 127 cm³/mol. The second-order valence-electron chi connectivity index (χ2n) is 9.66. The molecule has 186 valence electrons. The molecule has 2 aromatic rings. The number of likely N-dealkylation sites (tertiary alicyclic amines) is 1. The summed E-state index contributed by atoms with van der Waals surface area (Å²) in [5, 5.41) is 6.31. The van der Waals surface area contributed by atoms with Gasteiger partial charge in [-0.2, -0.15) is 0 Å². The largest absolute Gasteiger partial charge is 0.454 e. The molecule has 4 heterocycles. The van der Waals surface area contributed by atoms with Crippen molar-refractivity contribution in [1.82, 2.24) is 10.2 Å². The highest BCUT2D eigenvalue weighted by atomic mass is 16.7. The van der Waals surface area contributed by atoms with Crippen molar-refractivity contribution < 1.29 is 28.7 Å². The van der Waals surface area contributed by atoms with E-state index >= 15 is 0 Å². The van der Waals surface area contributed by atoms with E-state index in [0.29, 0.717) is 34.7 Å². The molecule has 0 saturated carbocycles. The molecule has 1 spiro atoms. The fraction of sp³-hybridized carbons (Fsp3) is 0.385. The molecule has 4 aliphatic heterocycles. The number of ether oxygens (including phenoxy) is 2. The van der Waals surface area contributed by atoms with Gasteiger partial charge >= 0.3 is 0 Å². The van der Waals surface area contributed by atoms with Gasteiger partial charge in [0.2, 0.25) is 30.4 Å². The lowest BCUT2D eigenvalue weighted by atomic mass is 9.76. The van der Waals surface area contributed by atoms with Crippen molar-refractivity contribution in [3.8, 4) is 11.5 Å². The zero-order chi connectivity index (χ0) is 25.2. The minimum atomic E-state index is -1.40. The van der Waals surface area contributed by atoms with Crippen LogP contribution in [0.5, 0.6) is 11.5 Å². The van der Waals surface area contributed by atoms with Crippen molar-refractivity contribution >= 4 is 29.3 Å². The lowest BCUT2D eigenvalue weighted by molar-refractivity contribution is -0.143. The van der Waals surface area contributed by atoms with Crippen molar-refractivity contribution in [2.45, 2.75) is 44.3 Å². The van der Waals surface area contributed by atoms with Gasteiger partial charge in [0.05, 0.1) is 18.4 Å². The minimum Gasteiger partial charge on any atom is -0.454 e. The molecule has 2 saturated heterocycles. The second kappa shape index (κ2) is 8.06. The number of hydrogen-bond acceptors (Lipinski definition) is 7. The van der Waals surface area contributed by atoms with E-state index in [0.717, 1.165) is 5.56 Å². The molecule has 2 aromatic carbocycles. The van der Waals surface area contributed by atoms with Crippen LogP contribution < -0.4 is 25.8 Å². The summed E-state index contributed by atoms with van der Waals surface area (Å²) in [5.41, 5.74) is 7.00. The standard InChI is InChI=1S/C26H26N4O6/c1-2-14-4-3-5-15-22(14)28-25(34)26(15)21-20(16(29-26)7-9-19(27)31)23(32)30(24(21)33)11-13-6-8-17-18(10-13)36-12-35-17/h3-6,8,10,16,20-21,29H,2,7,9,11-12H2,1H3,(H2,27,31)(H,28,34)/t16-,20-,21+,26-/m1/s1. The third-order valence-corrected chi connectivity index (χ3v) is 7.79. The fourth-order valence-electron chi connectivity index (χ4n) is 6.17. The van der Waals surface area contributed by atoms with Crippen LogP contribution in [0.2, 0.25) is 0 Å². The monoisotopic (exact) mass is 490 g/mol. The van der Waals surface area contributed by atoms with Gasteiger partial charge < -0.3 is 20.5 Å². The molecule has 0 bridgehead atoms. The van der Waals surface area contributed by atoms with Crippen LogP contribution in [-0.2, 0) is 37.7 Å². The van der Waals surface area contributed by atoms with Gasteiger partial charge in [-0.1, -0.05) is 31.2 Å². The number of rotatable bonds is 6. The Hall–Kier alpha value is -3.92. The second-order valence-corrected chi connectivity index (χ2v) is 9.66. The highest BCUT2D eigenvalue weighted by molar-refractivity contribution is 6.15. The quantitative estimate of drug-likeness (QED) is 0.516. The van der Waals surface area contributed by atoms with Crippen molar-refractivity contribution in [3.63, 3.8) is 0 Å². The Morgan fingerprint density at radius 3 is 2.72 bits per heavy atom. The summed E-state index contributed by atoms with van der Waals surface area (Å²) in [5.74, 6) is -2.22. The molecule has 4 aliphatic rings. The van der Waals surface area contributed by atoms with E-state index in [1.165, 1.54) is 4.90 Å². The highest BCUT2D eigenvalue weighted by Crippen LogP contribution is 2.54. The van der Waals surface area contributed by atoms with Gasteiger partial charge in [-0.3, -0.25) is 29.4 Å². The Kier molecular flexibility index (Phi) is 5.04. The van der Waals surface area contributed by atoms with Crippen molar-refractivity contribution in [2.24, 2.45) is 17.6 Å². The fourth-order valence-corrected chi connectivity index (χ4v) is 6.17. The van der Waals surface area contributed by atoms with Crippen molar-refractivity contribution in [2.75, 3.05) is 12.1 Å². The summed E-state index contributed by atoms with van der Waals surface area (Å²) in [6.45, 7) is 2.16. The Balaban J connectivity index is 1.41. The van der Waals surface area contributed by atoms with Gasteiger partial charge in [-0.05, 0) is 36.1 Å². The van der Waals surface area contributed by atoms with Crippen LogP contribution in [0, 0.1) is 11.8 Å². The van der Waals surface area contributed by atoms with Gasteiger partial charge in [0.15, 0.2) is 11.5 Å². The number of para-hydroxylation sites is 1. The average Bonchev–Trinajstić information content (AvgIpc) is 3.59. The number of primary amides is 1. The number of nitrogens with two attached hydrogens (primary N) is 1. The number of nitrogens with zero attached hydrogens (tertiary/aromatic N) is 1. The lowest BCUT2D eigenvalue weighted by Gasteiger charge is -2.29. The van der Waals surface area contributed by atoms with E-state index in [4.69, 9.17) is 15.2 Å². The minimum absolute atomic E-state index is 0.0318. The molecule has 0 unspecified atom stereocenters. The van der Waals surface area contributed by atoms with Crippen LogP contribution in [0.3, 0.4) is 0 Å². The summed E-state index contributed by atoms with van der Waals surface area (Å²) in [4.78, 5) is 54.1. The molecule has 2 fully saturated rings. The van der Waals surface area contributed by atoms with Gasteiger partial charge in [-0.15, -0.1) is 0 Å². The van der Waals surface area contributed by atoms with Crippen molar-refractivity contribution in [3.05, 3.63) is 53.1 Å². The molecule has 10 nitrogen and oxygen atoms in total. The molecular weight excluding hydrogens is 464 g/mol. The first-order valence-corrected chi connectivity index (χ1v) is 12.1. The number of carbonyl (C=O) groups excluding carboxylic acids is 4. The smallest absolute Gasteiger partial charge is 0.250 e. The SMILES string of the molecule is CCc1cccc2c1NC(=O)[C@@]21N[C@H](CCC(N)=O)[C@H]2C(=O)N(Cc3ccc4c(c3)OCO4)C(=O)[C@H]21. The molecule has 6 rings (SSSR count). The highest BCUT2D eigenvalue weighted by Gasteiger charge is 2.70. The first-order valence-electron chi connectivity index (χ1n) is 12.1. The third kappa shape index (κ3) is 3.07. The maximum absolute atomic E-state index is 13.9. The van der Waals surface area contributed by atoms with Gasteiger partial charge in [0.25, 0.3) is 0 Å². The number of aryl methyl sites for hydroxylation is 1. The summed E-state index contributed by atoms with van der Waals surface area (Å²) >= 11 is 0. The molecule has 0 aliphatic carbocycles. The topological polar surface area (TPSA) is 140 Å². The third-order valence-electron chi connectivity index (χ3n) is 7.79. The van der Waals surface area contributed by atoms with E-state index in [-0.39, 0.29) is 38.0 Å². The zero-order valence-corrected chi connectivity index (χ0v) is 19.7. The average molecular weight is 491 g/mol. The van der Waals surface area contributed by atoms with E-state index < -0.39 is 35.2 Å². The molecule has 4 N–H and O–H groups in total. The Labute approximate surface area is 207 Å². The molecule has 0 aromatic heterocycles. The van der Waals surface area contributed by atoms with E-state index in [2.05, 4.69) is 10.6 Å². The zero-order valence-electron chi connectivity index (χ0n) is 19.7. The van der Waals surface area contributed by atoms with Crippen molar-refractivity contribution in [1.29, 1.82) is 0 Å². The van der Waals surface area contributed by atoms with Crippen LogP contribution in [0.1, 0.15) is 36.5 Å². The van der Waals surface area contributed by atoms with Crippen LogP contribution in [-0.4, -0.2) is 41.4 Å². The van der Waals surface area contributed by atoms with Crippen LogP contribution in [0.25, 0.3) is 0 Å². The van der Waals surface area contributed by atoms with Crippen LogP contribution >= 0.6 is 0 Å².